The zero-order chi connectivity index (χ0) is 12.3. The van der Waals surface area contributed by atoms with Crippen LogP contribution >= 0.6 is 0 Å². The Labute approximate surface area is 95.7 Å². The summed E-state index contributed by atoms with van der Waals surface area (Å²) in [4.78, 5) is 0. The van der Waals surface area contributed by atoms with Crippen LogP contribution in [0.5, 0.6) is 0 Å². The van der Waals surface area contributed by atoms with E-state index in [1.807, 2.05) is 19.9 Å². The normalized spacial score (nSPS) is 12.9. The highest BCUT2D eigenvalue weighted by Crippen LogP contribution is 2.22. The van der Waals surface area contributed by atoms with Gasteiger partial charge in [-0.3, -0.25) is 0 Å². The van der Waals surface area contributed by atoms with E-state index in [0.717, 1.165) is 5.69 Å². The Bertz CT molecular complexity index is 419. The van der Waals surface area contributed by atoms with Gasteiger partial charge in [0.05, 0.1) is 22.9 Å². The van der Waals surface area contributed by atoms with Gasteiger partial charge in [-0.25, -0.2) is 0 Å². The lowest BCUT2D eigenvalue weighted by atomic mass is 9.98. The number of hydrogen-bond acceptors (Lipinski definition) is 4. The van der Waals surface area contributed by atoms with Crippen molar-refractivity contribution in [2.45, 2.75) is 32.4 Å². The average Bonchev–Trinajstić information content (AvgIpc) is 2.17. The third-order valence-electron chi connectivity index (χ3n) is 2.68. The Morgan fingerprint density at radius 1 is 1.50 bits per heavy atom. The van der Waals surface area contributed by atoms with Gasteiger partial charge >= 0.3 is 0 Å². The average molecular weight is 219 g/mol. The first kappa shape index (κ1) is 12.3. The number of nitriles is 1. The molecule has 4 N–H and O–H groups in total. The Kier molecular flexibility index (Phi) is 3.41. The van der Waals surface area contributed by atoms with Crippen LogP contribution < -0.4 is 11.1 Å². The molecule has 0 fully saturated rings. The van der Waals surface area contributed by atoms with Crippen molar-refractivity contribution < 1.29 is 5.11 Å². The van der Waals surface area contributed by atoms with Gasteiger partial charge in [-0.15, -0.1) is 0 Å². The van der Waals surface area contributed by atoms with Gasteiger partial charge in [0, 0.05) is 5.69 Å². The van der Waals surface area contributed by atoms with Gasteiger partial charge in [-0.1, -0.05) is 0 Å². The van der Waals surface area contributed by atoms with Crippen molar-refractivity contribution >= 4 is 11.4 Å². The molecule has 0 amide bonds. The van der Waals surface area contributed by atoms with Crippen molar-refractivity contribution in [1.29, 1.82) is 5.26 Å². The maximum atomic E-state index is 9.57. The van der Waals surface area contributed by atoms with Gasteiger partial charge in [-0.05, 0) is 39.0 Å². The van der Waals surface area contributed by atoms with Crippen molar-refractivity contribution in [3.8, 4) is 6.07 Å². The summed E-state index contributed by atoms with van der Waals surface area (Å²) in [5.41, 5.74) is 6.95. The van der Waals surface area contributed by atoms with Gasteiger partial charge in [0.2, 0.25) is 0 Å². The highest BCUT2D eigenvalue weighted by Gasteiger charge is 2.23. The molecule has 1 rings (SSSR count). The maximum absolute atomic E-state index is 9.57. The van der Waals surface area contributed by atoms with Crippen LogP contribution in [0.15, 0.2) is 18.2 Å². The topological polar surface area (TPSA) is 82.1 Å². The third kappa shape index (κ3) is 2.65. The van der Waals surface area contributed by atoms with E-state index in [-0.39, 0.29) is 0 Å². The predicted octanol–water partition coefficient (Wildman–Crippen LogP) is 1.71. The second-order valence-electron chi connectivity index (χ2n) is 4.44. The molecule has 0 heterocycles. The molecule has 1 aromatic carbocycles. The van der Waals surface area contributed by atoms with E-state index in [0.29, 0.717) is 11.3 Å². The number of aliphatic hydroxyl groups is 1. The van der Waals surface area contributed by atoms with Crippen molar-refractivity contribution in [2.24, 2.45) is 0 Å². The van der Waals surface area contributed by atoms with Crippen LogP contribution in [0.25, 0.3) is 0 Å². The van der Waals surface area contributed by atoms with Crippen molar-refractivity contribution in [1.82, 2.24) is 0 Å². The lowest BCUT2D eigenvalue weighted by Crippen LogP contribution is -2.41. The Balaban J connectivity index is 2.92. The van der Waals surface area contributed by atoms with Crippen molar-refractivity contribution in [2.75, 3.05) is 11.1 Å². The fourth-order valence-corrected chi connectivity index (χ4v) is 1.22. The number of nitrogens with one attached hydrogen (secondary N) is 1. The predicted molar refractivity (Wildman–Crippen MR) is 65.0 cm³/mol. The highest BCUT2D eigenvalue weighted by molar-refractivity contribution is 5.63. The number of hydrogen-bond donors (Lipinski definition) is 3. The molecule has 0 aliphatic carbocycles. The fourth-order valence-electron chi connectivity index (χ4n) is 1.22. The highest BCUT2D eigenvalue weighted by atomic mass is 16.3. The largest absolute Gasteiger partial charge is 0.398 e. The second kappa shape index (κ2) is 4.42. The maximum Gasteiger partial charge on any atom is 0.101 e. The zero-order valence-corrected chi connectivity index (χ0v) is 9.78. The van der Waals surface area contributed by atoms with E-state index in [2.05, 4.69) is 5.32 Å². The molecular weight excluding hydrogens is 202 g/mol. The van der Waals surface area contributed by atoms with Crippen molar-refractivity contribution in [3.63, 3.8) is 0 Å². The van der Waals surface area contributed by atoms with E-state index in [1.54, 1.807) is 25.1 Å². The van der Waals surface area contributed by atoms with Gasteiger partial charge < -0.3 is 16.2 Å². The van der Waals surface area contributed by atoms with Crippen molar-refractivity contribution in [3.05, 3.63) is 23.8 Å². The SMILES string of the molecule is CC(O)C(C)(C)Nc1ccc(C#N)c(N)c1. The second-order valence-corrected chi connectivity index (χ2v) is 4.44. The van der Waals surface area contributed by atoms with E-state index in [1.165, 1.54) is 0 Å². The number of rotatable bonds is 3. The summed E-state index contributed by atoms with van der Waals surface area (Å²) in [5, 5.41) is 21.5. The summed E-state index contributed by atoms with van der Waals surface area (Å²) in [6.07, 6.45) is -0.496. The van der Waals surface area contributed by atoms with Crippen LogP contribution in [0.4, 0.5) is 11.4 Å². The molecule has 0 aromatic heterocycles. The first-order chi connectivity index (χ1) is 7.36. The molecule has 4 nitrogen and oxygen atoms in total. The standard InChI is InChI=1S/C12H17N3O/c1-8(16)12(2,3)15-10-5-4-9(7-13)11(14)6-10/h4-6,8,15-16H,14H2,1-3H3. The number of benzene rings is 1. The quantitative estimate of drug-likeness (QED) is 0.676. The van der Waals surface area contributed by atoms with E-state index in [4.69, 9.17) is 11.0 Å². The van der Waals surface area contributed by atoms with Crippen LogP contribution in [0, 0.1) is 11.3 Å². The molecule has 16 heavy (non-hydrogen) atoms. The summed E-state index contributed by atoms with van der Waals surface area (Å²) in [7, 11) is 0. The van der Waals surface area contributed by atoms with Gasteiger partial charge in [-0.2, -0.15) is 5.26 Å². The molecule has 86 valence electrons. The minimum Gasteiger partial charge on any atom is -0.398 e. The number of aliphatic hydroxyl groups excluding tert-OH is 1. The van der Waals surface area contributed by atoms with Gasteiger partial charge in [0.1, 0.15) is 6.07 Å². The molecule has 0 saturated heterocycles. The molecule has 0 aliphatic heterocycles. The first-order valence-corrected chi connectivity index (χ1v) is 5.12. The van der Waals surface area contributed by atoms with E-state index >= 15 is 0 Å². The summed E-state index contributed by atoms with van der Waals surface area (Å²) in [6, 6.07) is 7.14. The summed E-state index contributed by atoms with van der Waals surface area (Å²) < 4.78 is 0. The molecule has 4 heteroatoms. The van der Waals surface area contributed by atoms with Crippen LogP contribution in [0.1, 0.15) is 26.3 Å². The molecule has 1 aromatic rings. The third-order valence-corrected chi connectivity index (χ3v) is 2.68. The smallest absolute Gasteiger partial charge is 0.101 e. The number of anilines is 2. The molecular formula is C12H17N3O. The Morgan fingerprint density at radius 3 is 2.56 bits per heavy atom. The molecule has 1 unspecified atom stereocenters. The van der Waals surface area contributed by atoms with Crippen LogP contribution in [0.2, 0.25) is 0 Å². The van der Waals surface area contributed by atoms with Crippen LogP contribution in [-0.2, 0) is 0 Å². The minimum atomic E-state index is -0.496. The molecule has 0 bridgehead atoms. The first-order valence-electron chi connectivity index (χ1n) is 5.12. The Morgan fingerprint density at radius 2 is 2.12 bits per heavy atom. The van der Waals surface area contributed by atoms with Gasteiger partial charge in [0.15, 0.2) is 0 Å². The summed E-state index contributed by atoms with van der Waals surface area (Å²) >= 11 is 0. The van der Waals surface area contributed by atoms with E-state index < -0.39 is 11.6 Å². The lowest BCUT2D eigenvalue weighted by Gasteiger charge is -2.30. The lowest BCUT2D eigenvalue weighted by molar-refractivity contribution is 0.133. The zero-order valence-electron chi connectivity index (χ0n) is 9.78. The molecule has 0 radical (unpaired) electrons. The van der Waals surface area contributed by atoms with Gasteiger partial charge in [0.25, 0.3) is 0 Å². The van der Waals surface area contributed by atoms with Crippen LogP contribution in [0.3, 0.4) is 0 Å². The number of nitrogens with two attached hydrogens (primary N) is 1. The van der Waals surface area contributed by atoms with E-state index in [9.17, 15) is 5.11 Å². The molecule has 0 aliphatic rings. The fraction of sp³-hybridized carbons (Fsp3) is 0.417. The summed E-state index contributed by atoms with van der Waals surface area (Å²) in [5.74, 6) is 0. The number of nitrogen functional groups attached to an aromatic ring is 1. The molecule has 0 spiro atoms. The van der Waals surface area contributed by atoms with Crippen LogP contribution in [-0.4, -0.2) is 16.7 Å². The monoisotopic (exact) mass is 219 g/mol. The Hall–Kier alpha value is -1.73. The minimum absolute atomic E-state index is 0.439. The molecule has 1 atom stereocenters. The number of nitrogens with zero attached hydrogens (tertiary/aromatic N) is 1. The summed E-state index contributed by atoms with van der Waals surface area (Å²) in [6.45, 7) is 5.51. The molecule has 0 saturated carbocycles.